The van der Waals surface area contributed by atoms with E-state index in [0.29, 0.717) is 0 Å². The lowest BCUT2D eigenvalue weighted by Gasteiger charge is -2.31. The smallest absolute Gasteiger partial charge is 0.0945 e. The summed E-state index contributed by atoms with van der Waals surface area (Å²) in [5.41, 5.74) is 0. The van der Waals surface area contributed by atoms with Crippen LogP contribution in [0.4, 0.5) is 0 Å². The second-order valence-electron chi connectivity index (χ2n) is 7.18. The number of unbranched alkanes of at least 4 members (excludes halogenated alkanes) is 1. The molecule has 2 rings (SSSR count). The van der Waals surface area contributed by atoms with Crippen molar-refractivity contribution in [3.8, 4) is 0 Å². The molecule has 1 aromatic heterocycles. The zero-order chi connectivity index (χ0) is 14.9. The molecule has 1 aliphatic rings. The first-order valence-electron chi connectivity index (χ1n) is 9.27. The zero-order valence-corrected chi connectivity index (χ0v) is 14.1. The third-order valence-electron chi connectivity index (χ3n) is 5.32. The zero-order valence-electron chi connectivity index (χ0n) is 14.1. The number of hydrogen-bond donors (Lipinski definition) is 0. The van der Waals surface area contributed by atoms with Gasteiger partial charge in [-0.2, -0.15) is 0 Å². The molecule has 0 aliphatic heterocycles. The second-order valence-corrected chi connectivity index (χ2v) is 7.18. The Balaban J connectivity index is 1.78. The largest absolute Gasteiger partial charge is 0.337 e. The second kappa shape index (κ2) is 9.27. The highest BCUT2D eigenvalue weighted by molar-refractivity contribution is 4.79. The molecule has 1 aromatic rings. The average molecular weight is 290 g/mol. The lowest BCUT2D eigenvalue weighted by atomic mass is 9.76. The summed E-state index contributed by atoms with van der Waals surface area (Å²) in [7, 11) is 0. The van der Waals surface area contributed by atoms with Gasteiger partial charge in [-0.15, -0.1) is 0 Å². The predicted octanol–water partition coefficient (Wildman–Crippen LogP) is 5.69. The minimum Gasteiger partial charge on any atom is -0.337 e. The van der Waals surface area contributed by atoms with Gasteiger partial charge < -0.3 is 4.57 Å². The Morgan fingerprint density at radius 1 is 1.10 bits per heavy atom. The number of imidazole rings is 1. The van der Waals surface area contributed by atoms with Gasteiger partial charge in [-0.1, -0.05) is 65.2 Å². The van der Waals surface area contributed by atoms with E-state index in [-0.39, 0.29) is 0 Å². The van der Waals surface area contributed by atoms with Crippen molar-refractivity contribution in [2.45, 2.75) is 84.6 Å². The van der Waals surface area contributed by atoms with E-state index in [1.54, 1.807) is 0 Å². The molecule has 21 heavy (non-hydrogen) atoms. The minimum absolute atomic E-state index is 0.854. The number of aromatic nitrogens is 2. The highest BCUT2D eigenvalue weighted by Gasteiger charge is 2.23. The van der Waals surface area contributed by atoms with E-state index in [9.17, 15) is 0 Å². The molecule has 0 amide bonds. The summed E-state index contributed by atoms with van der Waals surface area (Å²) >= 11 is 0. The molecule has 1 unspecified atom stereocenters. The molecule has 1 atom stereocenters. The van der Waals surface area contributed by atoms with Crippen LogP contribution >= 0.6 is 0 Å². The van der Waals surface area contributed by atoms with Gasteiger partial charge in [-0.05, 0) is 30.6 Å². The molecule has 0 saturated heterocycles. The fourth-order valence-corrected chi connectivity index (χ4v) is 4.10. The lowest BCUT2D eigenvalue weighted by Crippen LogP contribution is -2.20. The number of nitrogens with zero attached hydrogens (tertiary/aromatic N) is 2. The molecular weight excluding hydrogens is 256 g/mol. The van der Waals surface area contributed by atoms with Crippen molar-refractivity contribution in [3.63, 3.8) is 0 Å². The minimum atomic E-state index is 0.854. The Hall–Kier alpha value is -0.790. The van der Waals surface area contributed by atoms with Crippen LogP contribution in [-0.2, 0) is 6.54 Å². The summed E-state index contributed by atoms with van der Waals surface area (Å²) in [5, 5.41) is 0. The first-order valence-corrected chi connectivity index (χ1v) is 9.27. The van der Waals surface area contributed by atoms with E-state index in [0.717, 1.165) is 17.8 Å². The highest BCUT2D eigenvalue weighted by atomic mass is 15.0. The molecule has 1 heterocycles. The van der Waals surface area contributed by atoms with Gasteiger partial charge in [0.25, 0.3) is 0 Å². The Morgan fingerprint density at radius 3 is 2.48 bits per heavy atom. The van der Waals surface area contributed by atoms with Crippen molar-refractivity contribution < 1.29 is 0 Å². The van der Waals surface area contributed by atoms with Crippen LogP contribution in [0, 0.1) is 17.8 Å². The molecule has 0 bridgehead atoms. The fourth-order valence-electron chi connectivity index (χ4n) is 4.10. The molecule has 0 spiro atoms. The lowest BCUT2D eigenvalue weighted by molar-refractivity contribution is 0.212. The van der Waals surface area contributed by atoms with Gasteiger partial charge in [0.15, 0.2) is 0 Å². The van der Waals surface area contributed by atoms with Crippen LogP contribution in [0.2, 0.25) is 0 Å². The van der Waals surface area contributed by atoms with Crippen molar-refractivity contribution in [2.75, 3.05) is 0 Å². The van der Waals surface area contributed by atoms with Gasteiger partial charge in [-0.25, -0.2) is 4.98 Å². The predicted molar refractivity (Wildman–Crippen MR) is 90.2 cm³/mol. The van der Waals surface area contributed by atoms with Crippen LogP contribution in [-0.4, -0.2) is 9.55 Å². The van der Waals surface area contributed by atoms with E-state index in [1.807, 2.05) is 12.5 Å². The summed E-state index contributed by atoms with van der Waals surface area (Å²) in [4.78, 5) is 4.20. The van der Waals surface area contributed by atoms with E-state index in [4.69, 9.17) is 0 Å². The van der Waals surface area contributed by atoms with Crippen molar-refractivity contribution in [2.24, 2.45) is 17.8 Å². The van der Waals surface area contributed by atoms with Gasteiger partial charge in [0.2, 0.25) is 0 Å². The summed E-state index contributed by atoms with van der Waals surface area (Å²) < 4.78 is 2.28. The monoisotopic (exact) mass is 290 g/mol. The Kier molecular flexibility index (Phi) is 7.32. The molecule has 1 saturated carbocycles. The highest BCUT2D eigenvalue weighted by Crippen LogP contribution is 2.36. The summed E-state index contributed by atoms with van der Waals surface area (Å²) in [6, 6.07) is 0. The van der Waals surface area contributed by atoms with Gasteiger partial charge >= 0.3 is 0 Å². The molecule has 0 radical (unpaired) electrons. The van der Waals surface area contributed by atoms with Crippen LogP contribution < -0.4 is 0 Å². The maximum Gasteiger partial charge on any atom is 0.0945 e. The van der Waals surface area contributed by atoms with E-state index in [1.165, 1.54) is 70.8 Å². The Labute approximate surface area is 131 Å². The third-order valence-corrected chi connectivity index (χ3v) is 5.32. The van der Waals surface area contributed by atoms with Gasteiger partial charge in [0.05, 0.1) is 6.33 Å². The summed E-state index contributed by atoms with van der Waals surface area (Å²) in [6.45, 7) is 5.82. The number of rotatable bonds is 9. The molecular formula is C19H34N2. The van der Waals surface area contributed by atoms with E-state index in [2.05, 4.69) is 29.6 Å². The van der Waals surface area contributed by atoms with Crippen LogP contribution in [0.3, 0.4) is 0 Å². The van der Waals surface area contributed by atoms with Crippen molar-refractivity contribution in [1.82, 2.24) is 9.55 Å². The number of hydrogen-bond acceptors (Lipinski definition) is 1. The average Bonchev–Trinajstić information content (AvgIpc) is 3.00. The van der Waals surface area contributed by atoms with Crippen molar-refractivity contribution >= 4 is 0 Å². The normalized spacial score (nSPS) is 24.1. The van der Waals surface area contributed by atoms with Crippen LogP contribution in [0.15, 0.2) is 18.7 Å². The molecule has 2 nitrogen and oxygen atoms in total. The fraction of sp³-hybridized carbons (Fsp3) is 0.842. The standard InChI is InChI=1S/C19H34N2/c1-3-5-7-19(15-21-13-12-20-16-21)14-18-10-8-17(6-4-2)9-11-18/h12-13,16-19H,3-11,14-15H2,1-2H3. The first kappa shape index (κ1) is 16.6. The van der Waals surface area contributed by atoms with Gasteiger partial charge in [0, 0.05) is 18.9 Å². The summed E-state index contributed by atoms with van der Waals surface area (Å²) in [6.07, 6.45) is 20.3. The van der Waals surface area contributed by atoms with Crippen LogP contribution in [0.1, 0.15) is 78.1 Å². The molecule has 1 fully saturated rings. The van der Waals surface area contributed by atoms with Gasteiger partial charge in [-0.3, -0.25) is 0 Å². The van der Waals surface area contributed by atoms with Crippen molar-refractivity contribution in [3.05, 3.63) is 18.7 Å². The molecule has 0 N–H and O–H groups in total. The van der Waals surface area contributed by atoms with Crippen molar-refractivity contribution in [1.29, 1.82) is 0 Å². The summed E-state index contributed by atoms with van der Waals surface area (Å²) in [5.74, 6) is 2.88. The molecule has 2 heteroatoms. The quantitative estimate of drug-likeness (QED) is 0.571. The molecule has 1 aliphatic carbocycles. The Bertz CT molecular complexity index is 350. The van der Waals surface area contributed by atoms with Crippen LogP contribution in [0.25, 0.3) is 0 Å². The SMILES string of the molecule is CCCCC(CC1CCC(CCC)CC1)Cn1ccnc1. The topological polar surface area (TPSA) is 17.8 Å². The van der Waals surface area contributed by atoms with Gasteiger partial charge in [0.1, 0.15) is 0 Å². The molecule has 0 aromatic carbocycles. The first-order chi connectivity index (χ1) is 10.3. The Morgan fingerprint density at radius 2 is 1.86 bits per heavy atom. The molecule has 120 valence electrons. The van der Waals surface area contributed by atoms with E-state index < -0.39 is 0 Å². The maximum atomic E-state index is 4.20. The third kappa shape index (κ3) is 5.84. The van der Waals surface area contributed by atoms with Crippen LogP contribution in [0.5, 0.6) is 0 Å². The maximum absolute atomic E-state index is 4.20. The van der Waals surface area contributed by atoms with E-state index >= 15 is 0 Å².